The van der Waals surface area contributed by atoms with Crippen molar-refractivity contribution in [1.82, 2.24) is 4.90 Å². The summed E-state index contributed by atoms with van der Waals surface area (Å²) < 4.78 is 17.7. The highest BCUT2D eigenvalue weighted by Gasteiger charge is 2.36. The first-order chi connectivity index (χ1) is 14.7. The summed E-state index contributed by atoms with van der Waals surface area (Å²) in [6, 6.07) is 14.8. The molecule has 0 radical (unpaired) electrons. The van der Waals surface area contributed by atoms with Crippen LogP contribution in [0.5, 0.6) is 11.5 Å². The van der Waals surface area contributed by atoms with Gasteiger partial charge in [0.2, 0.25) is 0 Å². The molecule has 0 spiro atoms. The van der Waals surface area contributed by atoms with Gasteiger partial charge in [-0.1, -0.05) is 36.4 Å². The minimum Gasteiger partial charge on any atom is -0.493 e. The van der Waals surface area contributed by atoms with Gasteiger partial charge >= 0.3 is 0 Å². The predicted molar refractivity (Wildman–Crippen MR) is 119 cm³/mol. The van der Waals surface area contributed by atoms with Crippen molar-refractivity contribution in [1.29, 1.82) is 0 Å². The quantitative estimate of drug-likeness (QED) is 0.756. The Morgan fingerprint density at radius 3 is 2.47 bits per heavy atom. The minimum absolute atomic E-state index is 0.0744. The van der Waals surface area contributed by atoms with Crippen LogP contribution in [0.1, 0.15) is 35.6 Å². The van der Waals surface area contributed by atoms with Gasteiger partial charge in [0, 0.05) is 25.1 Å². The maximum absolute atomic E-state index is 6.50. The number of hydrogen-bond donors (Lipinski definition) is 1. The Hall–Kier alpha value is -2.08. The SMILES string of the molecule is COc1ccc2c(c1OC)CC(C1CCN(CCc3ccccc3)CC1)OC2CN. The molecule has 5 nitrogen and oxygen atoms in total. The van der Waals surface area contributed by atoms with E-state index in [2.05, 4.69) is 41.3 Å². The second-order valence-electron chi connectivity index (χ2n) is 8.39. The Morgan fingerprint density at radius 2 is 1.80 bits per heavy atom. The van der Waals surface area contributed by atoms with Gasteiger partial charge in [0.05, 0.1) is 26.4 Å². The molecule has 0 amide bonds. The van der Waals surface area contributed by atoms with Crippen LogP contribution in [-0.2, 0) is 17.6 Å². The molecular weight excluding hydrogens is 376 g/mol. The fourth-order valence-corrected chi connectivity index (χ4v) is 4.99. The number of benzene rings is 2. The third-order valence-corrected chi connectivity index (χ3v) is 6.71. The highest BCUT2D eigenvalue weighted by Crippen LogP contribution is 2.43. The molecule has 0 aromatic heterocycles. The first kappa shape index (κ1) is 21.2. The number of rotatable bonds is 7. The topological polar surface area (TPSA) is 57.0 Å². The predicted octanol–water partition coefficient (Wildman–Crippen LogP) is 3.60. The van der Waals surface area contributed by atoms with E-state index in [4.69, 9.17) is 19.9 Å². The highest BCUT2D eigenvalue weighted by atomic mass is 16.5. The summed E-state index contributed by atoms with van der Waals surface area (Å²) in [5.41, 5.74) is 9.85. The molecule has 2 aliphatic rings. The average Bonchev–Trinajstić information content (AvgIpc) is 2.82. The van der Waals surface area contributed by atoms with E-state index in [1.165, 1.54) is 24.0 Å². The number of hydrogen-bond acceptors (Lipinski definition) is 5. The molecule has 162 valence electrons. The number of piperidine rings is 1. The summed E-state index contributed by atoms with van der Waals surface area (Å²) >= 11 is 0. The lowest BCUT2D eigenvalue weighted by molar-refractivity contribution is -0.0646. The van der Waals surface area contributed by atoms with Gasteiger partial charge in [0.25, 0.3) is 0 Å². The van der Waals surface area contributed by atoms with Gasteiger partial charge in [-0.25, -0.2) is 0 Å². The van der Waals surface area contributed by atoms with Crippen LogP contribution in [0.15, 0.2) is 42.5 Å². The lowest BCUT2D eigenvalue weighted by Crippen LogP contribution is -2.42. The zero-order valence-electron chi connectivity index (χ0n) is 18.2. The van der Waals surface area contributed by atoms with Crippen LogP contribution in [0, 0.1) is 5.92 Å². The van der Waals surface area contributed by atoms with Crippen LogP contribution in [-0.4, -0.2) is 51.4 Å². The molecule has 4 rings (SSSR count). The summed E-state index contributed by atoms with van der Waals surface area (Å²) in [6.45, 7) is 3.87. The first-order valence-corrected chi connectivity index (χ1v) is 11.1. The Kier molecular flexibility index (Phi) is 6.93. The standard InChI is InChI=1S/C25H34N2O3/c1-28-22-9-8-20-21(25(22)29-2)16-23(30-24(20)17-26)19-11-14-27(15-12-19)13-10-18-6-4-3-5-7-18/h3-9,19,23-24H,10-17,26H2,1-2H3. The molecule has 1 fully saturated rings. The molecule has 0 aliphatic carbocycles. The molecule has 2 heterocycles. The number of likely N-dealkylation sites (tertiary alicyclic amines) is 1. The van der Waals surface area contributed by atoms with Crippen molar-refractivity contribution in [2.24, 2.45) is 11.7 Å². The van der Waals surface area contributed by atoms with Crippen molar-refractivity contribution < 1.29 is 14.2 Å². The van der Waals surface area contributed by atoms with Gasteiger partial charge in [0.1, 0.15) is 0 Å². The zero-order chi connectivity index (χ0) is 20.9. The van der Waals surface area contributed by atoms with Crippen LogP contribution in [0.4, 0.5) is 0 Å². The molecular formula is C25H34N2O3. The zero-order valence-corrected chi connectivity index (χ0v) is 18.2. The number of nitrogens with zero attached hydrogens (tertiary/aromatic N) is 1. The third-order valence-electron chi connectivity index (χ3n) is 6.71. The van der Waals surface area contributed by atoms with Crippen molar-refractivity contribution in [3.63, 3.8) is 0 Å². The molecule has 0 bridgehead atoms. The summed E-state index contributed by atoms with van der Waals surface area (Å²) in [5, 5.41) is 0. The van der Waals surface area contributed by atoms with Crippen molar-refractivity contribution in [3.05, 3.63) is 59.2 Å². The molecule has 1 saturated heterocycles. The summed E-state index contributed by atoms with van der Waals surface area (Å²) in [5.74, 6) is 2.17. The van der Waals surface area contributed by atoms with Crippen LogP contribution < -0.4 is 15.2 Å². The smallest absolute Gasteiger partial charge is 0.164 e. The fraction of sp³-hybridized carbons (Fsp3) is 0.520. The van der Waals surface area contributed by atoms with Crippen molar-refractivity contribution in [2.45, 2.75) is 37.9 Å². The minimum atomic E-state index is -0.0744. The van der Waals surface area contributed by atoms with Gasteiger partial charge in [-0.15, -0.1) is 0 Å². The van der Waals surface area contributed by atoms with Crippen LogP contribution in [0.2, 0.25) is 0 Å². The summed E-state index contributed by atoms with van der Waals surface area (Å²) in [6.07, 6.45) is 4.42. The fourth-order valence-electron chi connectivity index (χ4n) is 4.99. The summed E-state index contributed by atoms with van der Waals surface area (Å²) in [4.78, 5) is 2.59. The van der Waals surface area contributed by atoms with Gasteiger partial charge in [-0.2, -0.15) is 0 Å². The maximum Gasteiger partial charge on any atom is 0.164 e. The lowest BCUT2D eigenvalue weighted by Gasteiger charge is -2.40. The second kappa shape index (κ2) is 9.82. The number of nitrogens with two attached hydrogens (primary N) is 1. The van der Waals surface area contributed by atoms with E-state index in [0.717, 1.165) is 49.5 Å². The van der Waals surface area contributed by atoms with Crippen LogP contribution >= 0.6 is 0 Å². The maximum atomic E-state index is 6.50. The van der Waals surface area contributed by atoms with Crippen LogP contribution in [0.25, 0.3) is 0 Å². The van der Waals surface area contributed by atoms with Crippen molar-refractivity contribution in [3.8, 4) is 11.5 Å². The Bertz CT molecular complexity index is 819. The molecule has 2 unspecified atom stereocenters. The molecule has 2 N–H and O–H groups in total. The van der Waals surface area contributed by atoms with E-state index >= 15 is 0 Å². The van der Waals surface area contributed by atoms with E-state index in [-0.39, 0.29) is 12.2 Å². The lowest BCUT2D eigenvalue weighted by atomic mass is 9.83. The normalized spacial score (nSPS) is 22.5. The molecule has 30 heavy (non-hydrogen) atoms. The van der Waals surface area contributed by atoms with E-state index in [9.17, 15) is 0 Å². The summed E-state index contributed by atoms with van der Waals surface area (Å²) in [7, 11) is 3.40. The highest BCUT2D eigenvalue weighted by molar-refractivity contribution is 5.52. The first-order valence-electron chi connectivity index (χ1n) is 11.1. The van der Waals surface area contributed by atoms with Crippen molar-refractivity contribution in [2.75, 3.05) is 40.4 Å². The monoisotopic (exact) mass is 410 g/mol. The van der Waals surface area contributed by atoms with Gasteiger partial charge in [0.15, 0.2) is 11.5 Å². The number of fused-ring (bicyclic) bond motifs is 1. The molecule has 0 saturated carbocycles. The second-order valence-corrected chi connectivity index (χ2v) is 8.39. The average molecular weight is 411 g/mol. The third kappa shape index (κ3) is 4.48. The largest absolute Gasteiger partial charge is 0.493 e. The Morgan fingerprint density at radius 1 is 1.03 bits per heavy atom. The molecule has 2 atom stereocenters. The van der Waals surface area contributed by atoms with Gasteiger partial charge in [-0.3, -0.25) is 0 Å². The van der Waals surface area contributed by atoms with Gasteiger partial charge < -0.3 is 24.8 Å². The van der Waals surface area contributed by atoms with Gasteiger partial charge in [-0.05, 0) is 55.5 Å². The molecule has 5 heteroatoms. The van der Waals surface area contributed by atoms with Crippen molar-refractivity contribution >= 4 is 0 Å². The molecule has 2 aromatic carbocycles. The van der Waals surface area contributed by atoms with E-state index in [0.29, 0.717) is 12.5 Å². The Balaban J connectivity index is 1.40. The Labute approximate surface area is 180 Å². The van der Waals surface area contributed by atoms with E-state index in [1.807, 2.05) is 6.07 Å². The number of methoxy groups -OCH3 is 2. The van der Waals surface area contributed by atoms with E-state index < -0.39 is 0 Å². The van der Waals surface area contributed by atoms with E-state index in [1.54, 1.807) is 14.2 Å². The van der Waals surface area contributed by atoms with Crippen LogP contribution in [0.3, 0.4) is 0 Å². The number of ether oxygens (including phenoxy) is 3. The molecule has 2 aromatic rings. The molecule has 2 aliphatic heterocycles.